The minimum Gasteiger partial charge on any atom is -0.492 e. The molecule has 0 atom stereocenters. The Hall–Kier alpha value is -1.29. The molecule has 0 bridgehead atoms. The fourth-order valence-electron chi connectivity index (χ4n) is 1.14. The Labute approximate surface area is 101 Å². The number of rotatable bonds is 4. The van der Waals surface area contributed by atoms with Crippen molar-refractivity contribution in [3.05, 3.63) is 29.6 Å². The van der Waals surface area contributed by atoms with Crippen molar-refractivity contribution in [3.63, 3.8) is 0 Å². The molecule has 16 heavy (non-hydrogen) atoms. The quantitative estimate of drug-likeness (QED) is 0.634. The van der Waals surface area contributed by atoms with Crippen LogP contribution in [0.5, 0.6) is 5.75 Å². The van der Waals surface area contributed by atoms with E-state index in [-0.39, 0.29) is 23.8 Å². The summed E-state index contributed by atoms with van der Waals surface area (Å²) in [7, 11) is 0. The lowest BCUT2D eigenvalue weighted by Crippen LogP contribution is -2.16. The van der Waals surface area contributed by atoms with Crippen LogP contribution in [0.4, 0.5) is 4.39 Å². The summed E-state index contributed by atoms with van der Waals surface area (Å²) in [6.07, 6.45) is 0. The van der Waals surface area contributed by atoms with E-state index in [1.165, 1.54) is 12.1 Å². The minimum atomic E-state index is -0.524. The fraction of sp³-hybridized carbons (Fsp3) is 0.364. The molecule has 1 aromatic carbocycles. The molecule has 0 amide bonds. The van der Waals surface area contributed by atoms with Gasteiger partial charge in [0.2, 0.25) is 0 Å². The first-order chi connectivity index (χ1) is 7.02. The van der Waals surface area contributed by atoms with Gasteiger partial charge in [-0.25, -0.2) is 4.39 Å². The van der Waals surface area contributed by atoms with Crippen molar-refractivity contribution in [3.8, 4) is 5.75 Å². The van der Waals surface area contributed by atoms with Crippen LogP contribution in [-0.2, 0) is 0 Å². The third-order valence-electron chi connectivity index (χ3n) is 1.82. The van der Waals surface area contributed by atoms with E-state index in [0.717, 1.165) is 0 Å². The first-order valence-electron chi connectivity index (χ1n) is 4.78. The van der Waals surface area contributed by atoms with E-state index in [1.807, 2.05) is 13.8 Å². The summed E-state index contributed by atoms with van der Waals surface area (Å²) in [4.78, 5) is 0. The number of hydrogen-bond donors (Lipinski definition) is 2. The second-order valence-electron chi connectivity index (χ2n) is 3.73. The average Bonchev–Trinajstić information content (AvgIpc) is 2.13. The molecule has 0 aromatic heterocycles. The van der Waals surface area contributed by atoms with E-state index in [2.05, 4.69) is 0 Å². The summed E-state index contributed by atoms with van der Waals surface area (Å²) in [5.41, 5.74) is 5.33. The molecule has 1 rings (SSSR count). The summed E-state index contributed by atoms with van der Waals surface area (Å²) >= 11 is 0. The zero-order chi connectivity index (χ0) is 11.4. The highest BCUT2D eigenvalue weighted by atomic mass is 35.5. The molecule has 0 fully saturated rings. The van der Waals surface area contributed by atoms with Crippen molar-refractivity contribution in [2.75, 3.05) is 6.61 Å². The monoisotopic (exact) mass is 246 g/mol. The van der Waals surface area contributed by atoms with Gasteiger partial charge in [0, 0.05) is 0 Å². The van der Waals surface area contributed by atoms with Crippen molar-refractivity contribution >= 4 is 18.2 Å². The van der Waals surface area contributed by atoms with Crippen LogP contribution in [0.3, 0.4) is 0 Å². The third-order valence-corrected chi connectivity index (χ3v) is 1.82. The summed E-state index contributed by atoms with van der Waals surface area (Å²) in [5.74, 6) is -0.167. The molecule has 0 aliphatic carbocycles. The van der Waals surface area contributed by atoms with Crippen molar-refractivity contribution in [1.29, 1.82) is 5.41 Å². The maximum atomic E-state index is 13.3. The predicted molar refractivity (Wildman–Crippen MR) is 65.0 cm³/mol. The van der Waals surface area contributed by atoms with E-state index < -0.39 is 5.82 Å². The number of nitrogens with two attached hydrogens (primary N) is 1. The van der Waals surface area contributed by atoms with Crippen LogP contribution in [0.1, 0.15) is 19.4 Å². The fourth-order valence-corrected chi connectivity index (χ4v) is 1.14. The molecule has 0 heterocycles. The molecule has 3 nitrogen and oxygen atoms in total. The van der Waals surface area contributed by atoms with Gasteiger partial charge in [-0.05, 0) is 18.1 Å². The van der Waals surface area contributed by atoms with Gasteiger partial charge in [0.05, 0.1) is 12.2 Å². The SMILES string of the molecule is CC(C)COc1cccc(F)c1C(=N)N.Cl. The molecule has 0 radical (unpaired) electrons. The van der Waals surface area contributed by atoms with Gasteiger partial charge in [0.15, 0.2) is 0 Å². The molecule has 0 spiro atoms. The molecule has 3 N–H and O–H groups in total. The van der Waals surface area contributed by atoms with E-state index >= 15 is 0 Å². The molecule has 0 saturated heterocycles. The molecule has 1 aromatic rings. The van der Waals surface area contributed by atoms with Crippen molar-refractivity contribution < 1.29 is 9.13 Å². The van der Waals surface area contributed by atoms with Gasteiger partial charge in [0.1, 0.15) is 17.4 Å². The highest BCUT2D eigenvalue weighted by molar-refractivity contribution is 5.97. The number of benzene rings is 1. The largest absolute Gasteiger partial charge is 0.492 e. The van der Waals surface area contributed by atoms with Crippen LogP contribution >= 0.6 is 12.4 Å². The van der Waals surface area contributed by atoms with E-state index in [0.29, 0.717) is 18.3 Å². The van der Waals surface area contributed by atoms with Crippen LogP contribution in [-0.4, -0.2) is 12.4 Å². The summed E-state index contributed by atoms with van der Waals surface area (Å²) in [5, 5.41) is 7.26. The van der Waals surface area contributed by atoms with Gasteiger partial charge < -0.3 is 10.5 Å². The van der Waals surface area contributed by atoms with Gasteiger partial charge in [-0.15, -0.1) is 12.4 Å². The van der Waals surface area contributed by atoms with Crippen LogP contribution in [0.15, 0.2) is 18.2 Å². The number of amidine groups is 1. The number of ether oxygens (including phenoxy) is 1. The van der Waals surface area contributed by atoms with Crippen molar-refractivity contribution in [2.24, 2.45) is 11.7 Å². The third kappa shape index (κ3) is 3.70. The highest BCUT2D eigenvalue weighted by Crippen LogP contribution is 2.21. The smallest absolute Gasteiger partial charge is 0.137 e. The Morgan fingerprint density at radius 2 is 2.12 bits per heavy atom. The number of nitrogens with one attached hydrogen (secondary N) is 1. The minimum absolute atomic E-state index is 0. The van der Waals surface area contributed by atoms with E-state index in [9.17, 15) is 4.39 Å². The molecule has 90 valence electrons. The Bertz CT molecular complexity index is 369. The Morgan fingerprint density at radius 1 is 1.50 bits per heavy atom. The molecular formula is C11H16ClFN2O. The topological polar surface area (TPSA) is 59.1 Å². The van der Waals surface area contributed by atoms with E-state index in [4.69, 9.17) is 15.9 Å². The maximum Gasteiger partial charge on any atom is 0.137 e. The highest BCUT2D eigenvalue weighted by Gasteiger charge is 2.12. The first-order valence-corrected chi connectivity index (χ1v) is 4.78. The maximum absolute atomic E-state index is 13.3. The number of nitrogen functional groups attached to an aromatic ring is 1. The molecular weight excluding hydrogens is 231 g/mol. The summed E-state index contributed by atoms with van der Waals surface area (Å²) < 4.78 is 18.7. The average molecular weight is 247 g/mol. The Morgan fingerprint density at radius 3 is 2.62 bits per heavy atom. The van der Waals surface area contributed by atoms with Gasteiger partial charge in [-0.3, -0.25) is 5.41 Å². The van der Waals surface area contributed by atoms with Gasteiger partial charge >= 0.3 is 0 Å². The standard InChI is InChI=1S/C11H15FN2O.ClH/c1-7(2)6-15-9-5-3-4-8(12)10(9)11(13)14;/h3-5,7H,6H2,1-2H3,(H3,13,14);1H. The Kier molecular flexibility index (Phi) is 5.82. The van der Waals surface area contributed by atoms with Crippen LogP contribution < -0.4 is 10.5 Å². The van der Waals surface area contributed by atoms with Crippen molar-refractivity contribution in [1.82, 2.24) is 0 Å². The second-order valence-corrected chi connectivity index (χ2v) is 3.73. The lowest BCUT2D eigenvalue weighted by molar-refractivity contribution is 0.269. The zero-order valence-corrected chi connectivity index (χ0v) is 10.1. The zero-order valence-electron chi connectivity index (χ0n) is 9.29. The molecule has 5 heteroatoms. The van der Waals surface area contributed by atoms with Crippen LogP contribution in [0.25, 0.3) is 0 Å². The summed E-state index contributed by atoms with van der Waals surface area (Å²) in [6, 6.07) is 4.42. The van der Waals surface area contributed by atoms with Crippen LogP contribution in [0, 0.1) is 17.1 Å². The van der Waals surface area contributed by atoms with Gasteiger partial charge in [-0.2, -0.15) is 0 Å². The first kappa shape index (κ1) is 14.7. The predicted octanol–water partition coefficient (Wildman–Crippen LogP) is 2.57. The van der Waals surface area contributed by atoms with Crippen LogP contribution in [0.2, 0.25) is 0 Å². The molecule has 0 aliphatic heterocycles. The molecule has 0 saturated carbocycles. The van der Waals surface area contributed by atoms with Gasteiger partial charge in [-0.1, -0.05) is 19.9 Å². The lowest BCUT2D eigenvalue weighted by atomic mass is 10.1. The van der Waals surface area contributed by atoms with Crippen molar-refractivity contribution in [2.45, 2.75) is 13.8 Å². The Balaban J connectivity index is 0.00000225. The van der Waals surface area contributed by atoms with E-state index in [1.54, 1.807) is 6.07 Å². The summed E-state index contributed by atoms with van der Waals surface area (Å²) in [6.45, 7) is 4.46. The second kappa shape index (κ2) is 6.33. The molecule has 0 unspecified atom stereocenters. The number of halogens is 2. The molecule has 0 aliphatic rings. The van der Waals surface area contributed by atoms with Gasteiger partial charge in [0.25, 0.3) is 0 Å². The normalized spacial score (nSPS) is 9.75. The number of hydrogen-bond acceptors (Lipinski definition) is 2. The lowest BCUT2D eigenvalue weighted by Gasteiger charge is -2.12.